The van der Waals surface area contributed by atoms with Gasteiger partial charge in [-0.2, -0.15) is 0 Å². The van der Waals surface area contributed by atoms with Crippen LogP contribution in [0.3, 0.4) is 0 Å². The average molecular weight is 322 g/mol. The third kappa shape index (κ3) is 3.42. The highest BCUT2D eigenvalue weighted by molar-refractivity contribution is 5.82. The fourth-order valence-electron chi connectivity index (χ4n) is 2.78. The number of ether oxygens (including phenoxy) is 1. The second-order valence-electron chi connectivity index (χ2n) is 6.04. The first-order valence-corrected chi connectivity index (χ1v) is 8.19. The van der Waals surface area contributed by atoms with E-state index in [1.54, 1.807) is 6.07 Å². The Morgan fingerprint density at radius 3 is 2.46 bits per heavy atom. The van der Waals surface area contributed by atoms with E-state index in [0.717, 1.165) is 5.56 Å². The summed E-state index contributed by atoms with van der Waals surface area (Å²) in [5.41, 5.74) is 0.540. The van der Waals surface area contributed by atoms with Crippen LogP contribution in [0.4, 0.5) is 0 Å². The fourth-order valence-corrected chi connectivity index (χ4v) is 2.78. The molecule has 0 amide bonds. The van der Waals surface area contributed by atoms with Crippen LogP contribution in [0.15, 0.2) is 66.7 Å². The third-order valence-electron chi connectivity index (χ3n) is 4.44. The predicted molar refractivity (Wildman–Crippen MR) is 96.0 cm³/mol. The quantitative estimate of drug-likeness (QED) is 0.721. The number of aliphatic hydroxyl groups excluding tert-OH is 1. The Morgan fingerprint density at radius 1 is 0.917 bits per heavy atom. The zero-order valence-electron chi connectivity index (χ0n) is 13.8. The molecule has 3 nitrogen and oxygen atoms in total. The monoisotopic (exact) mass is 322 g/mol. The van der Waals surface area contributed by atoms with Crippen molar-refractivity contribution >= 4 is 10.8 Å². The number of hydrogen-bond donors (Lipinski definition) is 2. The number of hydrogen-bond acceptors (Lipinski definition) is 3. The van der Waals surface area contributed by atoms with E-state index in [-0.39, 0.29) is 6.61 Å². The summed E-state index contributed by atoms with van der Waals surface area (Å²) >= 11 is 0. The molecule has 3 rings (SSSR count). The molecule has 3 aromatic carbocycles. The van der Waals surface area contributed by atoms with Gasteiger partial charge in [0.05, 0.1) is 6.61 Å². The SMILES string of the molecule is CCC(O)(CO)c1cccc(OCc2ccc3ccccc3c2)c1. The van der Waals surface area contributed by atoms with Crippen LogP contribution in [-0.4, -0.2) is 16.8 Å². The van der Waals surface area contributed by atoms with Crippen LogP contribution < -0.4 is 4.74 Å². The Labute approximate surface area is 142 Å². The summed E-state index contributed by atoms with van der Waals surface area (Å²) in [6.07, 6.45) is 0.442. The molecule has 0 aliphatic rings. The molecule has 2 N–H and O–H groups in total. The molecule has 0 bridgehead atoms. The molecule has 0 spiro atoms. The topological polar surface area (TPSA) is 49.7 Å². The van der Waals surface area contributed by atoms with Crippen LogP contribution in [0.2, 0.25) is 0 Å². The molecule has 0 fully saturated rings. The van der Waals surface area contributed by atoms with Crippen LogP contribution in [0.5, 0.6) is 5.75 Å². The molecular weight excluding hydrogens is 300 g/mol. The largest absolute Gasteiger partial charge is 0.489 e. The second kappa shape index (κ2) is 7.04. The summed E-state index contributed by atoms with van der Waals surface area (Å²) in [4.78, 5) is 0. The first-order chi connectivity index (χ1) is 11.6. The molecule has 0 aliphatic heterocycles. The molecular formula is C21H22O3. The van der Waals surface area contributed by atoms with Crippen molar-refractivity contribution in [1.82, 2.24) is 0 Å². The fraction of sp³-hybridized carbons (Fsp3) is 0.238. The Hall–Kier alpha value is -2.36. The van der Waals surface area contributed by atoms with E-state index in [0.29, 0.717) is 24.3 Å². The maximum absolute atomic E-state index is 10.4. The van der Waals surface area contributed by atoms with Crippen molar-refractivity contribution < 1.29 is 14.9 Å². The molecule has 0 saturated heterocycles. The Balaban J connectivity index is 1.76. The van der Waals surface area contributed by atoms with Crippen molar-refractivity contribution in [2.45, 2.75) is 25.6 Å². The Bertz CT molecular complexity index is 822. The van der Waals surface area contributed by atoms with Gasteiger partial charge >= 0.3 is 0 Å². The van der Waals surface area contributed by atoms with E-state index < -0.39 is 5.60 Å². The summed E-state index contributed by atoms with van der Waals surface area (Å²) in [6.45, 7) is 1.99. The summed E-state index contributed by atoms with van der Waals surface area (Å²) in [5, 5.41) is 22.3. The van der Waals surface area contributed by atoms with Gasteiger partial charge in [-0.3, -0.25) is 0 Å². The number of benzene rings is 3. The van der Waals surface area contributed by atoms with Gasteiger partial charge in [-0.1, -0.05) is 55.5 Å². The number of aliphatic hydroxyl groups is 2. The van der Waals surface area contributed by atoms with E-state index in [1.807, 2.05) is 37.3 Å². The maximum atomic E-state index is 10.4. The molecule has 0 aliphatic carbocycles. The molecule has 0 saturated carbocycles. The van der Waals surface area contributed by atoms with Gasteiger partial charge < -0.3 is 14.9 Å². The molecule has 0 heterocycles. The van der Waals surface area contributed by atoms with Crippen molar-refractivity contribution in [3.05, 3.63) is 77.9 Å². The van der Waals surface area contributed by atoms with Gasteiger partial charge in [-0.15, -0.1) is 0 Å². The highest BCUT2D eigenvalue weighted by Gasteiger charge is 2.26. The van der Waals surface area contributed by atoms with E-state index >= 15 is 0 Å². The lowest BCUT2D eigenvalue weighted by Gasteiger charge is -2.25. The minimum absolute atomic E-state index is 0.308. The normalized spacial score (nSPS) is 13.6. The van der Waals surface area contributed by atoms with E-state index in [9.17, 15) is 10.2 Å². The van der Waals surface area contributed by atoms with Gasteiger partial charge in [0.1, 0.15) is 18.0 Å². The maximum Gasteiger partial charge on any atom is 0.120 e. The predicted octanol–water partition coefficient (Wildman–Crippen LogP) is 4.01. The standard InChI is InChI=1S/C21H22O3/c1-2-21(23,15-22)19-8-5-9-20(13-19)24-14-16-10-11-17-6-3-4-7-18(17)12-16/h3-13,22-23H,2,14-15H2,1H3. The smallest absolute Gasteiger partial charge is 0.120 e. The molecule has 24 heavy (non-hydrogen) atoms. The van der Waals surface area contributed by atoms with Crippen molar-refractivity contribution in [3.8, 4) is 5.75 Å². The number of rotatable bonds is 6. The molecule has 3 heteroatoms. The molecule has 1 unspecified atom stereocenters. The Morgan fingerprint density at radius 2 is 1.71 bits per heavy atom. The first kappa shape index (κ1) is 16.5. The summed E-state index contributed by atoms with van der Waals surface area (Å²) < 4.78 is 5.87. The molecule has 124 valence electrons. The van der Waals surface area contributed by atoms with Crippen LogP contribution >= 0.6 is 0 Å². The molecule has 0 aromatic heterocycles. The van der Waals surface area contributed by atoms with Gasteiger partial charge in [0.2, 0.25) is 0 Å². The number of fused-ring (bicyclic) bond motifs is 1. The van der Waals surface area contributed by atoms with Crippen LogP contribution in [0.1, 0.15) is 24.5 Å². The second-order valence-corrected chi connectivity index (χ2v) is 6.04. The highest BCUT2D eigenvalue weighted by Crippen LogP contribution is 2.27. The van der Waals surface area contributed by atoms with Gasteiger partial charge in [-0.05, 0) is 46.5 Å². The third-order valence-corrected chi connectivity index (χ3v) is 4.44. The summed E-state index contributed by atoms with van der Waals surface area (Å²) in [7, 11) is 0. The van der Waals surface area contributed by atoms with Gasteiger partial charge in [0.15, 0.2) is 0 Å². The summed E-state index contributed by atoms with van der Waals surface area (Å²) in [5.74, 6) is 0.681. The molecule has 0 radical (unpaired) electrons. The molecule has 1 atom stereocenters. The van der Waals surface area contributed by atoms with Gasteiger partial charge in [0.25, 0.3) is 0 Å². The van der Waals surface area contributed by atoms with Gasteiger partial charge in [-0.25, -0.2) is 0 Å². The van der Waals surface area contributed by atoms with Crippen LogP contribution in [0.25, 0.3) is 10.8 Å². The highest BCUT2D eigenvalue weighted by atomic mass is 16.5. The lowest BCUT2D eigenvalue weighted by Crippen LogP contribution is -2.29. The zero-order valence-corrected chi connectivity index (χ0v) is 13.8. The van der Waals surface area contributed by atoms with Crippen molar-refractivity contribution in [2.24, 2.45) is 0 Å². The van der Waals surface area contributed by atoms with Crippen molar-refractivity contribution in [1.29, 1.82) is 0 Å². The van der Waals surface area contributed by atoms with E-state index in [1.165, 1.54) is 10.8 Å². The van der Waals surface area contributed by atoms with E-state index in [2.05, 4.69) is 30.3 Å². The van der Waals surface area contributed by atoms with Crippen LogP contribution in [-0.2, 0) is 12.2 Å². The zero-order chi connectivity index (χ0) is 17.0. The summed E-state index contributed by atoms with van der Waals surface area (Å²) in [6, 6.07) is 21.8. The first-order valence-electron chi connectivity index (χ1n) is 8.19. The van der Waals surface area contributed by atoms with Gasteiger partial charge in [0, 0.05) is 0 Å². The lowest BCUT2D eigenvalue weighted by atomic mass is 9.92. The minimum Gasteiger partial charge on any atom is -0.489 e. The molecule has 3 aromatic rings. The minimum atomic E-state index is -1.22. The van der Waals surface area contributed by atoms with Crippen molar-refractivity contribution in [3.63, 3.8) is 0 Å². The van der Waals surface area contributed by atoms with Crippen LogP contribution in [0, 0.1) is 0 Å². The Kier molecular flexibility index (Phi) is 4.84. The van der Waals surface area contributed by atoms with E-state index in [4.69, 9.17) is 4.74 Å². The average Bonchev–Trinajstić information content (AvgIpc) is 2.65. The lowest BCUT2D eigenvalue weighted by molar-refractivity contribution is -0.0224. The van der Waals surface area contributed by atoms with Crippen molar-refractivity contribution in [2.75, 3.05) is 6.61 Å².